The highest BCUT2D eigenvalue weighted by atomic mass is 16.6. The molecule has 1 aliphatic rings. The molecule has 0 unspecified atom stereocenters. The quantitative estimate of drug-likeness (QED) is 0.554. The van der Waals surface area contributed by atoms with Crippen LogP contribution < -0.4 is 0 Å². The molecule has 0 spiro atoms. The highest BCUT2D eigenvalue weighted by molar-refractivity contribution is 6.33. The third-order valence-corrected chi connectivity index (χ3v) is 3.57. The van der Waals surface area contributed by atoms with E-state index in [0.717, 1.165) is 0 Å². The molecule has 0 aromatic carbocycles. The molecular weight excluding hydrogens is 329 g/mol. The lowest BCUT2D eigenvalue weighted by Crippen LogP contribution is -2.44. The van der Waals surface area contributed by atoms with Crippen molar-refractivity contribution in [2.75, 3.05) is 13.1 Å². The van der Waals surface area contributed by atoms with E-state index in [1.807, 2.05) is 0 Å². The zero-order chi connectivity index (χ0) is 20.1. The van der Waals surface area contributed by atoms with Crippen LogP contribution in [0.15, 0.2) is 11.8 Å². The van der Waals surface area contributed by atoms with E-state index in [2.05, 4.69) is 0 Å². The van der Waals surface area contributed by atoms with Gasteiger partial charge in [-0.25, -0.2) is 4.79 Å². The Morgan fingerprint density at radius 2 is 1.56 bits per heavy atom. The van der Waals surface area contributed by atoms with Crippen LogP contribution in [0.3, 0.4) is 0 Å². The first-order valence-electron chi connectivity index (χ1n) is 8.17. The number of aliphatic hydroxyl groups is 2. The molecule has 25 heavy (non-hydrogen) atoms. The Balaban J connectivity index is 0.000000609. The topological polar surface area (TPSA) is 120 Å². The van der Waals surface area contributed by atoms with E-state index >= 15 is 0 Å². The number of carbonyl (C=O) groups excluding carboxylic acids is 1. The van der Waals surface area contributed by atoms with Crippen molar-refractivity contribution in [3.05, 3.63) is 11.8 Å². The molecule has 9 heteroatoms. The number of hydrogen-bond donors (Lipinski definition) is 4. The average molecular weight is 361 g/mol. The van der Waals surface area contributed by atoms with Gasteiger partial charge in [-0.3, -0.25) is 0 Å². The van der Waals surface area contributed by atoms with Crippen molar-refractivity contribution in [2.24, 2.45) is 0 Å². The van der Waals surface area contributed by atoms with E-state index in [1.165, 1.54) is 4.90 Å². The van der Waals surface area contributed by atoms with Gasteiger partial charge in [0.2, 0.25) is 0 Å². The van der Waals surface area contributed by atoms with Crippen molar-refractivity contribution in [1.29, 1.82) is 0 Å². The fourth-order valence-corrected chi connectivity index (χ4v) is 1.39. The molecule has 1 aliphatic heterocycles. The number of hydrogen-bond acceptors (Lipinski definition) is 7. The molecule has 146 valence electrons. The van der Waals surface area contributed by atoms with Crippen LogP contribution in [-0.2, 0) is 9.39 Å². The molecule has 1 heterocycles. The van der Waals surface area contributed by atoms with Gasteiger partial charge in [-0.1, -0.05) is 0 Å². The SMILES string of the molecule is CC(C)(C)OC(=O)N1CC=C(OB(O)O)CC1.CC(C)(O)C(C)(C)O. The van der Waals surface area contributed by atoms with Gasteiger partial charge < -0.3 is 34.6 Å². The van der Waals surface area contributed by atoms with Crippen LogP contribution in [0.25, 0.3) is 0 Å². The summed E-state index contributed by atoms with van der Waals surface area (Å²) in [7, 11) is -1.81. The lowest BCUT2D eigenvalue weighted by Gasteiger charge is -2.31. The Kier molecular flexibility index (Phi) is 8.43. The highest BCUT2D eigenvalue weighted by Crippen LogP contribution is 2.19. The Morgan fingerprint density at radius 1 is 1.08 bits per heavy atom. The van der Waals surface area contributed by atoms with E-state index in [1.54, 1.807) is 54.5 Å². The second kappa shape index (κ2) is 8.89. The second-order valence-electron chi connectivity index (χ2n) is 7.91. The van der Waals surface area contributed by atoms with Gasteiger partial charge in [-0.2, -0.15) is 0 Å². The first-order chi connectivity index (χ1) is 11.0. The monoisotopic (exact) mass is 361 g/mol. The second-order valence-corrected chi connectivity index (χ2v) is 7.91. The third-order valence-electron chi connectivity index (χ3n) is 3.57. The van der Waals surface area contributed by atoms with Crippen LogP contribution in [0.1, 0.15) is 54.9 Å². The van der Waals surface area contributed by atoms with E-state index in [-0.39, 0.29) is 6.09 Å². The molecule has 0 aromatic heterocycles. The molecule has 8 nitrogen and oxygen atoms in total. The zero-order valence-corrected chi connectivity index (χ0v) is 16.2. The van der Waals surface area contributed by atoms with Gasteiger partial charge in [-0.15, -0.1) is 0 Å². The summed E-state index contributed by atoms with van der Waals surface area (Å²) >= 11 is 0. The van der Waals surface area contributed by atoms with Crippen molar-refractivity contribution in [2.45, 2.75) is 71.7 Å². The van der Waals surface area contributed by atoms with Crippen molar-refractivity contribution in [3.8, 4) is 0 Å². The number of nitrogens with zero attached hydrogens (tertiary/aromatic N) is 1. The maximum atomic E-state index is 11.7. The molecule has 0 saturated carbocycles. The third kappa shape index (κ3) is 10.3. The average Bonchev–Trinajstić information content (AvgIpc) is 2.35. The van der Waals surface area contributed by atoms with Crippen molar-refractivity contribution in [3.63, 3.8) is 0 Å². The van der Waals surface area contributed by atoms with Crippen molar-refractivity contribution >= 4 is 13.4 Å². The minimum Gasteiger partial charge on any atom is -0.516 e. The molecular formula is C16H32BNO7. The van der Waals surface area contributed by atoms with Gasteiger partial charge in [0.15, 0.2) is 0 Å². The summed E-state index contributed by atoms with van der Waals surface area (Å²) in [4.78, 5) is 13.2. The smallest absolute Gasteiger partial charge is 0.516 e. The van der Waals surface area contributed by atoms with Crippen LogP contribution in [-0.4, -0.2) is 68.5 Å². The molecule has 4 N–H and O–H groups in total. The van der Waals surface area contributed by atoms with E-state index in [0.29, 0.717) is 25.3 Å². The summed E-state index contributed by atoms with van der Waals surface area (Å²) in [5.74, 6) is 0.472. The molecule has 0 radical (unpaired) electrons. The summed E-state index contributed by atoms with van der Waals surface area (Å²) in [6, 6.07) is 0. The lowest BCUT2D eigenvalue weighted by atomic mass is 9.90. The summed E-state index contributed by atoms with van der Waals surface area (Å²) in [5, 5.41) is 35.4. The maximum Gasteiger partial charge on any atom is 0.707 e. The highest BCUT2D eigenvalue weighted by Gasteiger charge is 2.32. The van der Waals surface area contributed by atoms with Crippen LogP contribution in [0.4, 0.5) is 4.79 Å². The van der Waals surface area contributed by atoms with Crippen LogP contribution in [0.5, 0.6) is 0 Å². The maximum absolute atomic E-state index is 11.7. The van der Waals surface area contributed by atoms with Gasteiger partial charge in [-0.05, 0) is 54.5 Å². The Morgan fingerprint density at radius 3 is 1.84 bits per heavy atom. The molecule has 1 amide bonds. The Bertz CT molecular complexity index is 447. The fraction of sp³-hybridized carbons (Fsp3) is 0.812. The molecule has 0 aromatic rings. The Labute approximate surface area is 150 Å². The normalized spacial score (nSPS) is 15.6. The van der Waals surface area contributed by atoms with E-state index in [9.17, 15) is 4.79 Å². The molecule has 0 bridgehead atoms. The number of rotatable bonds is 3. The first-order valence-corrected chi connectivity index (χ1v) is 8.17. The van der Waals surface area contributed by atoms with Gasteiger partial charge in [0.25, 0.3) is 0 Å². The lowest BCUT2D eigenvalue weighted by molar-refractivity contribution is -0.107. The van der Waals surface area contributed by atoms with Gasteiger partial charge in [0, 0.05) is 19.5 Å². The van der Waals surface area contributed by atoms with E-state index < -0.39 is 24.1 Å². The van der Waals surface area contributed by atoms with Crippen molar-refractivity contribution in [1.82, 2.24) is 4.90 Å². The molecule has 0 saturated heterocycles. The van der Waals surface area contributed by atoms with Crippen LogP contribution in [0.2, 0.25) is 0 Å². The fourth-order valence-electron chi connectivity index (χ4n) is 1.39. The van der Waals surface area contributed by atoms with E-state index in [4.69, 9.17) is 29.7 Å². The van der Waals surface area contributed by atoms with Crippen LogP contribution >= 0.6 is 0 Å². The number of amides is 1. The summed E-state index contributed by atoms with van der Waals surface area (Å²) in [6.45, 7) is 12.5. The zero-order valence-electron chi connectivity index (χ0n) is 16.2. The van der Waals surface area contributed by atoms with Crippen molar-refractivity contribution < 1.29 is 34.4 Å². The summed E-state index contributed by atoms with van der Waals surface area (Å²) < 4.78 is 9.93. The first kappa shape index (κ1) is 23.7. The van der Waals surface area contributed by atoms with Crippen LogP contribution in [0, 0.1) is 0 Å². The molecule has 1 rings (SSSR count). The predicted molar refractivity (Wildman–Crippen MR) is 94.4 cm³/mol. The molecule has 0 aliphatic carbocycles. The van der Waals surface area contributed by atoms with Gasteiger partial charge in [0.1, 0.15) is 5.60 Å². The minimum absolute atomic E-state index is 0.344. The number of ether oxygens (including phenoxy) is 1. The standard InChI is InChI=1S/C10H18BNO5.C6H14O2/c1-10(2,3)16-9(13)12-6-4-8(5-7-12)17-11(14)15;1-5(2,7)6(3,4)8/h4,14-15H,5-7H2,1-3H3;7-8H,1-4H3. The van der Waals surface area contributed by atoms with Gasteiger partial charge in [0.05, 0.1) is 17.0 Å². The largest absolute Gasteiger partial charge is 0.707 e. The molecule has 0 atom stereocenters. The minimum atomic E-state index is -1.81. The van der Waals surface area contributed by atoms with Gasteiger partial charge >= 0.3 is 13.4 Å². The summed E-state index contributed by atoms with van der Waals surface area (Å²) in [5.41, 5.74) is -2.53. The predicted octanol–water partition coefficient (Wildman–Crippen LogP) is 1.03. The number of carbonyl (C=O) groups is 1. The molecule has 0 fully saturated rings. The Hall–Kier alpha value is -1.29. The summed E-state index contributed by atoms with van der Waals surface area (Å²) in [6.07, 6.45) is 1.70.